The summed E-state index contributed by atoms with van der Waals surface area (Å²) in [6.07, 6.45) is 0.208. The third kappa shape index (κ3) is 1.97. The van der Waals surface area contributed by atoms with Gasteiger partial charge in [0.15, 0.2) is 0 Å². The van der Waals surface area contributed by atoms with E-state index in [1.165, 1.54) is 19.2 Å². The Hall–Kier alpha value is -1.56. The van der Waals surface area contributed by atoms with Crippen molar-refractivity contribution in [1.82, 2.24) is 0 Å². The van der Waals surface area contributed by atoms with Gasteiger partial charge in [0.1, 0.15) is 11.6 Å². The highest BCUT2D eigenvalue weighted by atomic mass is 19.1. The molecule has 1 aromatic carbocycles. The van der Waals surface area contributed by atoms with E-state index < -0.39 is 0 Å². The lowest BCUT2D eigenvalue weighted by atomic mass is 10.1. The average Bonchev–Trinajstić information content (AvgIpc) is 2.11. The van der Waals surface area contributed by atoms with Crippen LogP contribution in [0.25, 0.3) is 0 Å². The lowest BCUT2D eigenvalue weighted by molar-refractivity contribution is 0.407. The number of nitrogens with zero attached hydrogens (tertiary/aromatic N) is 1. The number of hydrogen-bond acceptors (Lipinski definition) is 2. The molecule has 0 aromatic heterocycles. The van der Waals surface area contributed by atoms with E-state index in [1.54, 1.807) is 0 Å². The quantitative estimate of drug-likeness (QED) is 0.697. The first-order chi connectivity index (χ1) is 6.19. The smallest absolute Gasteiger partial charge is 0.127 e. The molecule has 1 aromatic rings. The molecular weight excluding hydrogens is 169 g/mol. The van der Waals surface area contributed by atoms with E-state index in [0.717, 1.165) is 5.56 Å². The van der Waals surface area contributed by atoms with Crippen LogP contribution < -0.4 is 4.74 Å². The Morgan fingerprint density at radius 2 is 2.23 bits per heavy atom. The molecule has 68 valence electrons. The largest absolute Gasteiger partial charge is 0.496 e. The van der Waals surface area contributed by atoms with Crippen LogP contribution in [0, 0.1) is 24.1 Å². The van der Waals surface area contributed by atoms with Crippen LogP contribution in [0.15, 0.2) is 12.1 Å². The van der Waals surface area contributed by atoms with Gasteiger partial charge in [-0.2, -0.15) is 5.26 Å². The summed E-state index contributed by atoms with van der Waals surface area (Å²) < 4.78 is 17.9. The number of hydrogen-bond donors (Lipinski definition) is 0. The van der Waals surface area contributed by atoms with Crippen LogP contribution in [0.4, 0.5) is 4.39 Å². The molecule has 0 aliphatic rings. The van der Waals surface area contributed by atoms with Gasteiger partial charge in [0.2, 0.25) is 0 Å². The second kappa shape index (κ2) is 3.90. The number of benzene rings is 1. The topological polar surface area (TPSA) is 33.0 Å². The number of ether oxygens (including phenoxy) is 1. The minimum atomic E-state index is -0.368. The predicted octanol–water partition coefficient (Wildman–Crippen LogP) is 2.21. The Morgan fingerprint density at radius 1 is 1.54 bits per heavy atom. The molecule has 0 saturated carbocycles. The highest BCUT2D eigenvalue weighted by Gasteiger charge is 2.06. The summed E-state index contributed by atoms with van der Waals surface area (Å²) in [5.74, 6) is 0.123. The predicted molar refractivity (Wildman–Crippen MR) is 47.0 cm³/mol. The highest BCUT2D eigenvalue weighted by Crippen LogP contribution is 2.23. The maximum Gasteiger partial charge on any atom is 0.127 e. The van der Waals surface area contributed by atoms with Crippen molar-refractivity contribution in [3.63, 3.8) is 0 Å². The normalized spacial score (nSPS) is 9.38. The Morgan fingerprint density at radius 3 is 2.77 bits per heavy atom. The number of rotatable bonds is 2. The summed E-state index contributed by atoms with van der Waals surface area (Å²) in [6.45, 7) is 1.81. The molecule has 0 unspecified atom stereocenters. The van der Waals surface area contributed by atoms with Crippen LogP contribution in [-0.2, 0) is 6.42 Å². The molecule has 3 heteroatoms. The summed E-state index contributed by atoms with van der Waals surface area (Å²) in [5.41, 5.74) is 1.50. The van der Waals surface area contributed by atoms with Crippen LogP contribution in [0.1, 0.15) is 11.1 Å². The van der Waals surface area contributed by atoms with Gasteiger partial charge in [-0.3, -0.25) is 0 Å². The number of halogens is 1. The van der Waals surface area contributed by atoms with Crippen molar-refractivity contribution in [3.05, 3.63) is 29.1 Å². The molecule has 0 saturated heterocycles. The van der Waals surface area contributed by atoms with Gasteiger partial charge >= 0.3 is 0 Å². The van der Waals surface area contributed by atoms with Gasteiger partial charge in [-0.1, -0.05) is 0 Å². The van der Waals surface area contributed by atoms with Gasteiger partial charge in [-0.25, -0.2) is 4.39 Å². The molecule has 0 spiro atoms. The first-order valence-electron chi connectivity index (χ1n) is 3.89. The zero-order valence-corrected chi connectivity index (χ0v) is 7.60. The summed E-state index contributed by atoms with van der Waals surface area (Å²) in [5, 5.41) is 8.49. The highest BCUT2D eigenvalue weighted by molar-refractivity contribution is 5.40. The van der Waals surface area contributed by atoms with Crippen LogP contribution in [0.5, 0.6) is 5.75 Å². The lowest BCUT2D eigenvalue weighted by Crippen LogP contribution is -1.94. The van der Waals surface area contributed by atoms with Crippen molar-refractivity contribution in [2.75, 3.05) is 7.11 Å². The van der Waals surface area contributed by atoms with Crippen molar-refractivity contribution in [3.8, 4) is 11.8 Å². The van der Waals surface area contributed by atoms with Crippen molar-refractivity contribution in [2.45, 2.75) is 13.3 Å². The average molecular weight is 179 g/mol. The number of nitriles is 1. The summed E-state index contributed by atoms with van der Waals surface area (Å²) in [6, 6.07) is 4.66. The third-order valence-corrected chi connectivity index (χ3v) is 1.92. The minimum absolute atomic E-state index is 0.208. The van der Waals surface area contributed by atoms with Gasteiger partial charge in [-0.05, 0) is 24.1 Å². The Labute approximate surface area is 76.6 Å². The van der Waals surface area contributed by atoms with E-state index in [9.17, 15) is 4.39 Å². The van der Waals surface area contributed by atoms with Crippen molar-refractivity contribution in [2.24, 2.45) is 0 Å². The molecule has 2 nitrogen and oxygen atoms in total. The molecule has 0 aliphatic heterocycles. The summed E-state index contributed by atoms with van der Waals surface area (Å²) in [4.78, 5) is 0. The van der Waals surface area contributed by atoms with E-state index in [1.807, 2.05) is 13.0 Å². The summed E-state index contributed by atoms with van der Waals surface area (Å²) in [7, 11) is 1.48. The van der Waals surface area contributed by atoms with Gasteiger partial charge in [0.05, 0.1) is 19.6 Å². The first-order valence-corrected chi connectivity index (χ1v) is 3.89. The summed E-state index contributed by atoms with van der Waals surface area (Å²) >= 11 is 0. The van der Waals surface area contributed by atoms with Gasteiger partial charge in [0.25, 0.3) is 0 Å². The molecule has 0 heterocycles. The molecule has 0 fully saturated rings. The van der Waals surface area contributed by atoms with Crippen molar-refractivity contribution >= 4 is 0 Å². The zero-order valence-electron chi connectivity index (χ0n) is 7.60. The molecule has 0 aliphatic carbocycles. The van der Waals surface area contributed by atoms with Crippen LogP contribution in [0.3, 0.4) is 0 Å². The SMILES string of the molecule is COc1cc(F)cc(CC#N)c1C. The number of methoxy groups -OCH3 is 1. The Balaban J connectivity index is 3.20. The molecule has 1 rings (SSSR count). The first kappa shape index (κ1) is 9.53. The van der Waals surface area contributed by atoms with E-state index in [4.69, 9.17) is 10.00 Å². The molecule has 0 atom stereocenters. The van der Waals surface area contributed by atoms with Crippen LogP contribution in [-0.4, -0.2) is 7.11 Å². The fourth-order valence-corrected chi connectivity index (χ4v) is 1.19. The van der Waals surface area contributed by atoms with Crippen molar-refractivity contribution in [1.29, 1.82) is 5.26 Å². The molecule has 0 amide bonds. The van der Waals surface area contributed by atoms with Crippen molar-refractivity contribution < 1.29 is 9.13 Å². The Bertz CT molecular complexity index is 355. The van der Waals surface area contributed by atoms with Gasteiger partial charge < -0.3 is 4.74 Å². The third-order valence-electron chi connectivity index (χ3n) is 1.92. The van der Waals surface area contributed by atoms with E-state index in [2.05, 4.69) is 0 Å². The second-order valence-corrected chi connectivity index (χ2v) is 2.73. The lowest BCUT2D eigenvalue weighted by Gasteiger charge is -2.07. The van der Waals surface area contributed by atoms with E-state index in [0.29, 0.717) is 11.3 Å². The molecule has 13 heavy (non-hydrogen) atoms. The maximum absolute atomic E-state index is 12.9. The minimum Gasteiger partial charge on any atom is -0.496 e. The van der Waals surface area contributed by atoms with Crippen LogP contribution >= 0.6 is 0 Å². The van der Waals surface area contributed by atoms with Gasteiger partial charge in [-0.15, -0.1) is 0 Å². The molecule has 0 bridgehead atoms. The zero-order chi connectivity index (χ0) is 9.84. The molecular formula is C10H10FNO. The fraction of sp³-hybridized carbons (Fsp3) is 0.300. The second-order valence-electron chi connectivity index (χ2n) is 2.73. The van der Waals surface area contributed by atoms with E-state index >= 15 is 0 Å². The van der Waals surface area contributed by atoms with Crippen LogP contribution in [0.2, 0.25) is 0 Å². The standard InChI is InChI=1S/C10H10FNO/c1-7-8(3-4-12)5-9(11)6-10(7)13-2/h5-6H,3H2,1-2H3. The monoisotopic (exact) mass is 179 g/mol. The molecule has 0 N–H and O–H groups in total. The van der Waals surface area contributed by atoms with E-state index in [-0.39, 0.29) is 12.2 Å². The van der Waals surface area contributed by atoms with Gasteiger partial charge in [0, 0.05) is 6.07 Å². The Kier molecular flexibility index (Phi) is 2.86. The molecule has 0 radical (unpaired) electrons. The maximum atomic E-state index is 12.9. The fourth-order valence-electron chi connectivity index (χ4n) is 1.19.